The molecule has 0 rings (SSSR count). The normalized spacial score (nSPS) is 13.5. The third kappa shape index (κ3) is 5.70. The molecule has 5 heteroatoms. The highest BCUT2D eigenvalue weighted by molar-refractivity contribution is 8.00. The van der Waals surface area contributed by atoms with Gasteiger partial charge in [0, 0.05) is 0 Å². The summed E-state index contributed by atoms with van der Waals surface area (Å²) in [5.74, 6) is 0.275. The molecule has 0 spiro atoms. The van der Waals surface area contributed by atoms with Crippen molar-refractivity contribution in [2.24, 2.45) is 5.92 Å². The Balaban J connectivity index is 3.81. The van der Waals surface area contributed by atoms with Crippen LogP contribution in [0.3, 0.4) is 0 Å². The van der Waals surface area contributed by atoms with Crippen LogP contribution in [0.1, 0.15) is 20.3 Å². The summed E-state index contributed by atoms with van der Waals surface area (Å²) in [6.45, 7) is 2.54. The van der Waals surface area contributed by atoms with Gasteiger partial charge in [0.05, 0.1) is 18.6 Å². The molecule has 0 heterocycles. The van der Waals surface area contributed by atoms with Crippen molar-refractivity contribution in [3.63, 3.8) is 0 Å². The smallest absolute Gasteiger partial charge is 0.225 e. The van der Waals surface area contributed by atoms with Gasteiger partial charge in [-0.3, -0.25) is 0 Å². The molecule has 2 nitrogen and oxygen atoms in total. The highest BCUT2D eigenvalue weighted by atomic mass is 35.9. The first-order chi connectivity index (χ1) is 5.07. The van der Waals surface area contributed by atoms with Crippen molar-refractivity contribution in [1.29, 1.82) is 5.26 Å². The summed E-state index contributed by atoms with van der Waals surface area (Å²) < 4.78 is 5.13. The Morgan fingerprint density at radius 3 is 2.36 bits per heavy atom. The van der Waals surface area contributed by atoms with Crippen molar-refractivity contribution in [2.45, 2.75) is 26.4 Å². The van der Waals surface area contributed by atoms with Gasteiger partial charge in [-0.2, -0.15) is 5.26 Å². The first-order valence-corrected chi connectivity index (χ1v) is 6.30. The lowest BCUT2D eigenvalue weighted by atomic mass is 10.1. The molecule has 1 unspecified atom stereocenters. The number of nitriles is 1. The maximum Gasteiger partial charge on any atom is 0.225 e. The molecule has 0 aliphatic rings. The number of hydrogen-bond donors (Lipinski definition) is 0. The standard InChI is InChI=1S/C6H10Cl2NOP/c1-5(2)6(3-4-9)10-11(7)8/h5-6H,3H2,1-2H3. The molecule has 0 saturated heterocycles. The maximum absolute atomic E-state index is 8.39. The lowest BCUT2D eigenvalue weighted by molar-refractivity contribution is 0.182. The lowest BCUT2D eigenvalue weighted by Gasteiger charge is -2.17. The highest BCUT2D eigenvalue weighted by Crippen LogP contribution is 2.49. The van der Waals surface area contributed by atoms with Gasteiger partial charge < -0.3 is 4.52 Å². The summed E-state index contributed by atoms with van der Waals surface area (Å²) in [7, 11) is 0. The molecule has 11 heavy (non-hydrogen) atoms. The Morgan fingerprint density at radius 1 is 1.55 bits per heavy atom. The van der Waals surface area contributed by atoms with Crippen molar-refractivity contribution in [3.8, 4) is 6.07 Å². The van der Waals surface area contributed by atoms with Crippen LogP contribution in [-0.2, 0) is 4.52 Å². The van der Waals surface area contributed by atoms with E-state index in [1.54, 1.807) is 0 Å². The summed E-state index contributed by atoms with van der Waals surface area (Å²) >= 11 is 10.9. The van der Waals surface area contributed by atoms with E-state index >= 15 is 0 Å². The molecule has 1 atom stereocenters. The Morgan fingerprint density at radius 2 is 2.09 bits per heavy atom. The van der Waals surface area contributed by atoms with Crippen LogP contribution in [0.2, 0.25) is 0 Å². The van der Waals surface area contributed by atoms with Crippen molar-refractivity contribution in [1.82, 2.24) is 0 Å². The molecule has 0 bridgehead atoms. The maximum atomic E-state index is 8.39. The Hall–Kier alpha value is 0.460. The minimum absolute atomic E-state index is 0.138. The fourth-order valence-corrected chi connectivity index (χ4v) is 1.72. The van der Waals surface area contributed by atoms with Crippen molar-refractivity contribution >= 4 is 29.3 Å². The third-order valence-electron chi connectivity index (χ3n) is 1.25. The van der Waals surface area contributed by atoms with Gasteiger partial charge in [0.2, 0.25) is 6.85 Å². The van der Waals surface area contributed by atoms with Gasteiger partial charge >= 0.3 is 0 Å². The summed E-state index contributed by atoms with van der Waals surface area (Å²) in [5.41, 5.74) is 0. The number of halogens is 2. The molecule has 0 fully saturated rings. The fourth-order valence-electron chi connectivity index (χ4n) is 0.587. The Kier molecular flexibility index (Phi) is 6.28. The molecule has 0 saturated carbocycles. The molecule has 0 N–H and O–H groups in total. The van der Waals surface area contributed by atoms with Crippen LogP contribution >= 0.6 is 29.3 Å². The predicted octanol–water partition coefficient (Wildman–Crippen LogP) is 3.65. The van der Waals surface area contributed by atoms with E-state index in [0.717, 1.165) is 0 Å². The highest BCUT2D eigenvalue weighted by Gasteiger charge is 2.16. The number of nitrogens with zero attached hydrogens (tertiary/aromatic N) is 1. The topological polar surface area (TPSA) is 33.0 Å². The Labute approximate surface area is 77.8 Å². The van der Waals surface area contributed by atoms with E-state index in [1.165, 1.54) is 0 Å². The van der Waals surface area contributed by atoms with E-state index < -0.39 is 6.85 Å². The molecule has 0 aliphatic heterocycles. The molecule has 0 aromatic rings. The van der Waals surface area contributed by atoms with Crippen LogP contribution < -0.4 is 0 Å². The zero-order valence-corrected chi connectivity index (χ0v) is 8.83. The fraction of sp³-hybridized carbons (Fsp3) is 0.833. The van der Waals surface area contributed by atoms with Gasteiger partial charge in [-0.15, -0.1) is 0 Å². The van der Waals surface area contributed by atoms with Crippen LogP contribution in [0.25, 0.3) is 0 Å². The second-order valence-corrected chi connectivity index (χ2v) is 5.43. The molecule has 0 aromatic carbocycles. The largest absolute Gasteiger partial charge is 0.327 e. The monoisotopic (exact) mass is 213 g/mol. The van der Waals surface area contributed by atoms with Gasteiger partial charge in [0.15, 0.2) is 0 Å². The zero-order valence-electron chi connectivity index (χ0n) is 6.42. The minimum Gasteiger partial charge on any atom is -0.327 e. The minimum atomic E-state index is -1.39. The van der Waals surface area contributed by atoms with Crippen molar-refractivity contribution in [3.05, 3.63) is 0 Å². The summed E-state index contributed by atoms with van der Waals surface area (Å²) in [6.07, 6.45) is 0.205. The molecular weight excluding hydrogens is 204 g/mol. The zero-order chi connectivity index (χ0) is 8.85. The van der Waals surface area contributed by atoms with Crippen LogP contribution in [0, 0.1) is 17.2 Å². The van der Waals surface area contributed by atoms with E-state index in [-0.39, 0.29) is 12.0 Å². The van der Waals surface area contributed by atoms with Crippen molar-refractivity contribution < 1.29 is 4.52 Å². The molecule has 0 aliphatic carbocycles. The van der Waals surface area contributed by atoms with E-state index in [0.29, 0.717) is 6.42 Å². The predicted molar refractivity (Wildman–Crippen MR) is 48.6 cm³/mol. The summed E-state index contributed by atoms with van der Waals surface area (Å²) in [5, 5.41) is 8.39. The second kappa shape index (κ2) is 6.03. The molecule has 64 valence electrons. The van der Waals surface area contributed by atoms with E-state index in [4.69, 9.17) is 32.3 Å². The SMILES string of the molecule is CC(C)C(CC#N)OP(Cl)Cl. The van der Waals surface area contributed by atoms with Crippen LogP contribution in [0.4, 0.5) is 0 Å². The molecule has 0 amide bonds. The van der Waals surface area contributed by atoms with E-state index in [1.807, 2.05) is 19.9 Å². The van der Waals surface area contributed by atoms with Crippen LogP contribution in [0.15, 0.2) is 0 Å². The second-order valence-electron chi connectivity index (χ2n) is 2.45. The van der Waals surface area contributed by atoms with Gasteiger partial charge in [-0.05, 0) is 28.4 Å². The number of hydrogen-bond acceptors (Lipinski definition) is 2. The van der Waals surface area contributed by atoms with Gasteiger partial charge in [0.25, 0.3) is 0 Å². The van der Waals surface area contributed by atoms with E-state index in [9.17, 15) is 0 Å². The average molecular weight is 214 g/mol. The van der Waals surface area contributed by atoms with Crippen LogP contribution in [-0.4, -0.2) is 6.10 Å². The van der Waals surface area contributed by atoms with Crippen molar-refractivity contribution in [2.75, 3.05) is 0 Å². The summed E-state index contributed by atoms with van der Waals surface area (Å²) in [6, 6.07) is 2.02. The summed E-state index contributed by atoms with van der Waals surface area (Å²) in [4.78, 5) is 0. The molecular formula is C6H10Cl2NOP. The molecule has 0 aromatic heterocycles. The van der Waals surface area contributed by atoms with E-state index in [2.05, 4.69) is 0 Å². The quantitative estimate of drug-likeness (QED) is 0.669. The first kappa shape index (κ1) is 11.5. The average Bonchev–Trinajstić information content (AvgIpc) is 1.86. The van der Waals surface area contributed by atoms with Gasteiger partial charge in [-0.25, -0.2) is 0 Å². The third-order valence-corrected chi connectivity index (χ3v) is 2.16. The molecule has 0 radical (unpaired) electrons. The lowest BCUT2D eigenvalue weighted by Crippen LogP contribution is -2.15. The van der Waals surface area contributed by atoms with Gasteiger partial charge in [0.1, 0.15) is 0 Å². The van der Waals surface area contributed by atoms with Gasteiger partial charge in [-0.1, -0.05) is 13.8 Å². The van der Waals surface area contributed by atoms with Crippen LogP contribution in [0.5, 0.6) is 0 Å². The Bertz CT molecular complexity index is 146. The first-order valence-electron chi connectivity index (χ1n) is 3.23. The number of rotatable bonds is 4.